The van der Waals surface area contributed by atoms with Crippen LogP contribution in [0, 0.1) is 13.8 Å². The lowest BCUT2D eigenvalue weighted by Gasteiger charge is -2.20. The summed E-state index contributed by atoms with van der Waals surface area (Å²) in [6.07, 6.45) is 2.84. The molecule has 0 fully saturated rings. The minimum Gasteiger partial charge on any atom is -0.496 e. The fourth-order valence-corrected chi connectivity index (χ4v) is 6.10. The van der Waals surface area contributed by atoms with Gasteiger partial charge in [-0.15, -0.1) is 0 Å². The van der Waals surface area contributed by atoms with Crippen molar-refractivity contribution in [1.82, 2.24) is 0 Å². The van der Waals surface area contributed by atoms with Crippen LogP contribution in [0.15, 0.2) is 79.5 Å². The third-order valence-electron chi connectivity index (χ3n) is 8.64. The second-order valence-electron chi connectivity index (χ2n) is 11.0. The normalized spacial score (nSPS) is 11.1. The van der Waals surface area contributed by atoms with E-state index >= 15 is 0 Å². The minimum atomic E-state index is -0.271. The Morgan fingerprint density at radius 2 is 0.708 bits per heavy atom. The van der Waals surface area contributed by atoms with Crippen LogP contribution in [0.2, 0.25) is 0 Å². The molecule has 48 heavy (non-hydrogen) atoms. The molecule has 0 saturated carbocycles. The molecule has 2 aromatic heterocycles. The molecule has 0 aliphatic carbocycles. The highest BCUT2D eigenvalue weighted by Gasteiger charge is 2.25. The van der Waals surface area contributed by atoms with E-state index in [9.17, 15) is 9.59 Å². The first-order valence-electron chi connectivity index (χ1n) is 14.9. The van der Waals surface area contributed by atoms with Gasteiger partial charge in [0.15, 0.2) is 23.0 Å². The van der Waals surface area contributed by atoms with E-state index in [1.807, 2.05) is 13.8 Å². The van der Waals surface area contributed by atoms with Crippen molar-refractivity contribution < 1.29 is 37.3 Å². The molecular formula is C38H34O10. The number of rotatable bonds is 9. The van der Waals surface area contributed by atoms with Crippen LogP contribution in [0.3, 0.4) is 0 Å². The van der Waals surface area contributed by atoms with Gasteiger partial charge in [-0.3, -0.25) is 9.59 Å². The average Bonchev–Trinajstić information content (AvgIpc) is 3.11. The van der Waals surface area contributed by atoms with Crippen LogP contribution in [0.1, 0.15) is 11.1 Å². The molecule has 0 unspecified atom stereocenters. The lowest BCUT2D eigenvalue weighted by atomic mass is 9.88. The van der Waals surface area contributed by atoms with Crippen molar-refractivity contribution in [1.29, 1.82) is 0 Å². The van der Waals surface area contributed by atoms with Crippen LogP contribution in [-0.2, 0) is 0 Å². The maximum atomic E-state index is 14.2. The van der Waals surface area contributed by atoms with Crippen molar-refractivity contribution in [3.05, 3.63) is 92.6 Å². The quantitative estimate of drug-likeness (QED) is 0.155. The second kappa shape index (κ2) is 12.7. The highest BCUT2D eigenvalue weighted by Crippen LogP contribution is 2.47. The van der Waals surface area contributed by atoms with E-state index in [2.05, 4.69) is 0 Å². The first-order chi connectivity index (χ1) is 23.2. The topological polar surface area (TPSA) is 116 Å². The van der Waals surface area contributed by atoms with E-state index in [1.165, 1.54) is 41.0 Å². The van der Waals surface area contributed by atoms with Gasteiger partial charge in [-0.05, 0) is 73.5 Å². The van der Waals surface area contributed by atoms with Crippen LogP contribution in [-0.4, -0.2) is 42.7 Å². The molecule has 6 aromatic rings. The van der Waals surface area contributed by atoms with Gasteiger partial charge in [0.05, 0.1) is 64.6 Å². The van der Waals surface area contributed by atoms with Crippen molar-refractivity contribution in [2.75, 3.05) is 42.7 Å². The molecule has 10 heteroatoms. The molecule has 0 N–H and O–H groups in total. The van der Waals surface area contributed by atoms with Crippen LogP contribution in [0.25, 0.3) is 55.3 Å². The van der Waals surface area contributed by atoms with Gasteiger partial charge in [0.25, 0.3) is 0 Å². The van der Waals surface area contributed by atoms with Gasteiger partial charge in [0, 0.05) is 22.3 Å². The zero-order valence-electron chi connectivity index (χ0n) is 27.9. The lowest BCUT2D eigenvalue weighted by molar-refractivity contribution is 0.354. The summed E-state index contributed by atoms with van der Waals surface area (Å²) in [5.41, 5.74) is 4.21. The van der Waals surface area contributed by atoms with Crippen LogP contribution in [0.4, 0.5) is 0 Å². The molecule has 0 radical (unpaired) electrons. The van der Waals surface area contributed by atoms with Crippen molar-refractivity contribution in [2.45, 2.75) is 13.8 Å². The molecule has 0 aliphatic heterocycles. The maximum Gasteiger partial charge on any atom is 0.200 e. The van der Waals surface area contributed by atoms with E-state index in [1.54, 1.807) is 62.8 Å². The third kappa shape index (κ3) is 5.06. The van der Waals surface area contributed by atoms with Crippen molar-refractivity contribution in [3.63, 3.8) is 0 Å². The number of fused-ring (bicyclic) bond motifs is 2. The fourth-order valence-electron chi connectivity index (χ4n) is 6.10. The van der Waals surface area contributed by atoms with Crippen molar-refractivity contribution in [2.24, 2.45) is 0 Å². The summed E-state index contributed by atoms with van der Waals surface area (Å²) in [5.74, 6) is 2.77. The fraction of sp³-hybridized carbons (Fsp3) is 0.211. The highest BCUT2D eigenvalue weighted by molar-refractivity contribution is 5.97. The van der Waals surface area contributed by atoms with E-state index in [-0.39, 0.29) is 22.0 Å². The first-order valence-corrected chi connectivity index (χ1v) is 14.9. The standard InChI is InChI=1S/C38H34O10/c1-19-29(41-3)11-9-21-35(39)27(17-47-37(19)21)25-15-33(45-7)31(43-5)13-23(25)24-14-32(44-6)34(46-8)16-26(24)28-18-48-38-20(2)30(42-4)12-10-22(38)36(28)40/h9-18H,1-8H3. The van der Waals surface area contributed by atoms with E-state index in [0.717, 1.165) is 0 Å². The summed E-state index contributed by atoms with van der Waals surface area (Å²) in [6.45, 7) is 3.66. The predicted octanol–water partition coefficient (Wildman–Crippen LogP) is 7.57. The Hall–Kier alpha value is -5.90. The Morgan fingerprint density at radius 1 is 0.417 bits per heavy atom. The molecule has 0 saturated heterocycles. The Bertz CT molecular complexity index is 2170. The number of methoxy groups -OCH3 is 6. The number of benzene rings is 4. The maximum absolute atomic E-state index is 14.2. The third-order valence-corrected chi connectivity index (χ3v) is 8.64. The van der Waals surface area contributed by atoms with Crippen LogP contribution >= 0.6 is 0 Å². The summed E-state index contributed by atoms with van der Waals surface area (Å²) in [7, 11) is 9.19. The van der Waals surface area contributed by atoms with Gasteiger partial charge in [-0.2, -0.15) is 0 Å². The molecule has 0 aliphatic rings. The Kier molecular flexibility index (Phi) is 8.49. The molecular weight excluding hydrogens is 616 g/mol. The Balaban J connectivity index is 1.71. The largest absolute Gasteiger partial charge is 0.496 e. The van der Waals surface area contributed by atoms with E-state index in [4.69, 9.17) is 37.3 Å². The number of hydrogen-bond donors (Lipinski definition) is 0. The molecule has 0 atom stereocenters. The summed E-state index contributed by atoms with van der Waals surface area (Å²) in [5, 5.41) is 0.750. The van der Waals surface area contributed by atoms with Gasteiger partial charge in [0.2, 0.25) is 10.9 Å². The van der Waals surface area contributed by atoms with Gasteiger partial charge in [-0.25, -0.2) is 0 Å². The SMILES string of the molecule is COc1cc(-c2cc(OC)c(OC)cc2-c2coc3c(C)c(OC)ccc3c2=O)c(-c2coc3c(C)c(OC)ccc3c2=O)cc1OC. The smallest absolute Gasteiger partial charge is 0.200 e. The monoisotopic (exact) mass is 650 g/mol. The second-order valence-corrected chi connectivity index (χ2v) is 11.0. The number of hydrogen-bond acceptors (Lipinski definition) is 10. The average molecular weight is 651 g/mol. The first kappa shape index (κ1) is 32.1. The minimum absolute atomic E-state index is 0.261. The van der Waals surface area contributed by atoms with E-state index in [0.29, 0.717) is 89.8 Å². The van der Waals surface area contributed by atoms with Crippen molar-refractivity contribution >= 4 is 21.9 Å². The van der Waals surface area contributed by atoms with E-state index < -0.39 is 0 Å². The molecule has 0 bridgehead atoms. The number of aryl methyl sites for hydroxylation is 2. The number of ether oxygens (including phenoxy) is 6. The molecule has 0 spiro atoms. The summed E-state index contributed by atoms with van der Waals surface area (Å²) in [4.78, 5) is 28.4. The molecule has 6 rings (SSSR count). The van der Waals surface area contributed by atoms with Crippen LogP contribution in [0.5, 0.6) is 34.5 Å². The zero-order chi connectivity index (χ0) is 34.3. The van der Waals surface area contributed by atoms with Crippen molar-refractivity contribution in [3.8, 4) is 67.9 Å². The van der Waals surface area contributed by atoms with Gasteiger partial charge in [0.1, 0.15) is 35.2 Å². The molecule has 0 amide bonds. The van der Waals surface area contributed by atoms with Gasteiger partial charge < -0.3 is 37.3 Å². The molecule has 246 valence electrons. The lowest BCUT2D eigenvalue weighted by Crippen LogP contribution is -2.09. The summed E-state index contributed by atoms with van der Waals surface area (Å²) < 4.78 is 45.8. The molecule has 2 heterocycles. The molecule has 4 aromatic carbocycles. The Labute approximate surface area is 275 Å². The highest BCUT2D eigenvalue weighted by atomic mass is 16.5. The Morgan fingerprint density at radius 3 is 1.00 bits per heavy atom. The summed E-state index contributed by atoms with van der Waals surface area (Å²) in [6, 6.07) is 13.7. The van der Waals surface area contributed by atoms with Gasteiger partial charge in [-0.1, -0.05) is 0 Å². The molecule has 10 nitrogen and oxygen atoms in total. The summed E-state index contributed by atoms with van der Waals surface area (Å²) >= 11 is 0. The predicted molar refractivity (Wildman–Crippen MR) is 184 cm³/mol. The zero-order valence-corrected chi connectivity index (χ0v) is 27.9. The van der Waals surface area contributed by atoms with Crippen LogP contribution < -0.4 is 39.3 Å². The van der Waals surface area contributed by atoms with Gasteiger partial charge >= 0.3 is 0 Å².